The Morgan fingerprint density at radius 2 is 1.73 bits per heavy atom. The average molecular weight is 158 g/mol. The lowest BCUT2D eigenvalue weighted by atomic mass is 10.1. The number of nitrogens with one attached hydrogen (secondary N) is 1. The molecule has 0 spiro atoms. The lowest BCUT2D eigenvalue weighted by Gasteiger charge is -2.09. The second kappa shape index (κ2) is 6.62. The van der Waals surface area contributed by atoms with Gasteiger partial charge in [-0.25, -0.2) is 0 Å². The summed E-state index contributed by atoms with van der Waals surface area (Å²) in [6, 6.07) is 1.03. The first-order valence-corrected chi connectivity index (χ1v) is 4.59. The van der Waals surface area contributed by atoms with Crippen LogP contribution in [0.1, 0.15) is 39.5 Å². The fourth-order valence-corrected chi connectivity index (χ4v) is 1.06. The Labute approximate surface area is 70.5 Å². The molecule has 0 aliphatic heterocycles. The highest BCUT2D eigenvalue weighted by atomic mass is 14.8. The van der Waals surface area contributed by atoms with E-state index in [1.165, 1.54) is 19.3 Å². The summed E-state index contributed by atoms with van der Waals surface area (Å²) in [5.74, 6) is 0. The van der Waals surface area contributed by atoms with E-state index in [1.54, 1.807) is 0 Å². The minimum absolute atomic E-state index is 0.375. The van der Waals surface area contributed by atoms with E-state index in [1.807, 2.05) is 7.05 Å². The zero-order valence-corrected chi connectivity index (χ0v) is 8.06. The molecule has 0 aromatic heterocycles. The van der Waals surface area contributed by atoms with E-state index in [4.69, 9.17) is 5.73 Å². The lowest BCUT2D eigenvalue weighted by molar-refractivity contribution is 0.504. The van der Waals surface area contributed by atoms with Crippen molar-refractivity contribution < 1.29 is 0 Å². The summed E-state index contributed by atoms with van der Waals surface area (Å²) < 4.78 is 0. The molecule has 0 rings (SSSR count). The number of rotatable bonds is 6. The van der Waals surface area contributed by atoms with E-state index in [0.29, 0.717) is 12.1 Å². The predicted molar refractivity (Wildman–Crippen MR) is 50.6 cm³/mol. The van der Waals surface area contributed by atoms with Gasteiger partial charge in [0.2, 0.25) is 0 Å². The number of hydrogen-bond acceptors (Lipinski definition) is 2. The van der Waals surface area contributed by atoms with Crippen LogP contribution >= 0.6 is 0 Å². The van der Waals surface area contributed by atoms with E-state index in [0.717, 1.165) is 6.42 Å². The van der Waals surface area contributed by atoms with Crippen molar-refractivity contribution in [1.82, 2.24) is 5.32 Å². The third-order valence-corrected chi connectivity index (χ3v) is 2.04. The van der Waals surface area contributed by atoms with Crippen LogP contribution in [-0.2, 0) is 0 Å². The number of unbranched alkanes of at least 4 members (excludes halogenated alkanes) is 1. The summed E-state index contributed by atoms with van der Waals surface area (Å²) in [5.41, 5.74) is 5.63. The highest BCUT2D eigenvalue weighted by molar-refractivity contribution is 4.59. The van der Waals surface area contributed by atoms with Gasteiger partial charge in [0.25, 0.3) is 0 Å². The molecule has 0 aromatic carbocycles. The summed E-state index contributed by atoms with van der Waals surface area (Å²) in [6.07, 6.45) is 4.99. The van der Waals surface area contributed by atoms with Crippen LogP contribution in [-0.4, -0.2) is 19.1 Å². The molecular formula is C9H22N2. The fourth-order valence-electron chi connectivity index (χ4n) is 1.06. The molecule has 0 saturated carbocycles. The van der Waals surface area contributed by atoms with E-state index < -0.39 is 0 Å². The first-order chi connectivity index (χ1) is 5.16. The van der Waals surface area contributed by atoms with Crippen LogP contribution in [0.5, 0.6) is 0 Å². The standard InChI is InChI=1S/C9H22N2/c1-8(10)6-4-5-7-9(2)11-3/h8-9,11H,4-7,10H2,1-3H3. The van der Waals surface area contributed by atoms with Crippen molar-refractivity contribution >= 4 is 0 Å². The van der Waals surface area contributed by atoms with E-state index in [-0.39, 0.29) is 0 Å². The first kappa shape index (κ1) is 10.9. The van der Waals surface area contributed by atoms with Gasteiger partial charge in [0.05, 0.1) is 0 Å². The largest absolute Gasteiger partial charge is 0.328 e. The van der Waals surface area contributed by atoms with Crippen molar-refractivity contribution in [1.29, 1.82) is 0 Å². The van der Waals surface area contributed by atoms with E-state index in [2.05, 4.69) is 19.2 Å². The van der Waals surface area contributed by atoms with Gasteiger partial charge in [-0.15, -0.1) is 0 Å². The van der Waals surface area contributed by atoms with Crippen molar-refractivity contribution in [3.05, 3.63) is 0 Å². The molecule has 11 heavy (non-hydrogen) atoms. The number of hydrogen-bond donors (Lipinski definition) is 2. The van der Waals surface area contributed by atoms with Crippen molar-refractivity contribution in [3.63, 3.8) is 0 Å². The molecule has 3 N–H and O–H groups in total. The van der Waals surface area contributed by atoms with Gasteiger partial charge in [-0.2, -0.15) is 0 Å². The van der Waals surface area contributed by atoms with Crippen LogP contribution in [0.3, 0.4) is 0 Å². The maximum atomic E-state index is 5.63. The summed E-state index contributed by atoms with van der Waals surface area (Å²) in [5, 5.41) is 3.22. The van der Waals surface area contributed by atoms with Gasteiger partial charge in [0.1, 0.15) is 0 Å². The topological polar surface area (TPSA) is 38.0 Å². The molecule has 0 amide bonds. The molecule has 2 nitrogen and oxygen atoms in total. The highest BCUT2D eigenvalue weighted by Gasteiger charge is 1.98. The highest BCUT2D eigenvalue weighted by Crippen LogP contribution is 2.04. The molecule has 0 aromatic rings. The molecule has 0 aliphatic rings. The maximum Gasteiger partial charge on any atom is 0.00357 e. The lowest BCUT2D eigenvalue weighted by Crippen LogP contribution is -2.21. The second-order valence-electron chi connectivity index (χ2n) is 3.45. The molecule has 0 bridgehead atoms. The van der Waals surface area contributed by atoms with Crippen molar-refractivity contribution in [2.45, 2.75) is 51.6 Å². The Kier molecular flexibility index (Phi) is 6.57. The Balaban J connectivity index is 3.01. The third-order valence-electron chi connectivity index (χ3n) is 2.04. The molecule has 68 valence electrons. The molecule has 2 unspecified atom stereocenters. The van der Waals surface area contributed by atoms with Crippen molar-refractivity contribution in [2.75, 3.05) is 7.05 Å². The Bertz CT molecular complexity index is 81.6. The average Bonchev–Trinajstić information content (AvgIpc) is 1.97. The fraction of sp³-hybridized carbons (Fsp3) is 1.00. The van der Waals surface area contributed by atoms with Crippen LogP contribution in [0, 0.1) is 0 Å². The third kappa shape index (κ3) is 7.82. The monoisotopic (exact) mass is 158 g/mol. The minimum atomic E-state index is 0.375. The quantitative estimate of drug-likeness (QED) is 0.575. The van der Waals surface area contributed by atoms with Gasteiger partial charge in [-0.3, -0.25) is 0 Å². The normalized spacial score (nSPS) is 16.4. The molecule has 2 atom stereocenters. The van der Waals surface area contributed by atoms with Crippen LogP contribution < -0.4 is 11.1 Å². The van der Waals surface area contributed by atoms with E-state index >= 15 is 0 Å². The van der Waals surface area contributed by atoms with Crippen molar-refractivity contribution in [2.24, 2.45) is 5.73 Å². The van der Waals surface area contributed by atoms with Crippen LogP contribution in [0.25, 0.3) is 0 Å². The molecule has 0 fully saturated rings. The van der Waals surface area contributed by atoms with Gasteiger partial charge in [0, 0.05) is 12.1 Å². The summed E-state index contributed by atoms with van der Waals surface area (Å²) in [4.78, 5) is 0. The van der Waals surface area contributed by atoms with Crippen molar-refractivity contribution in [3.8, 4) is 0 Å². The van der Waals surface area contributed by atoms with E-state index in [9.17, 15) is 0 Å². The molecule has 0 aliphatic carbocycles. The Morgan fingerprint density at radius 1 is 1.18 bits per heavy atom. The van der Waals surface area contributed by atoms with Crippen LogP contribution in [0.2, 0.25) is 0 Å². The first-order valence-electron chi connectivity index (χ1n) is 4.59. The SMILES string of the molecule is CNC(C)CCCCC(C)N. The summed E-state index contributed by atoms with van der Waals surface area (Å²) in [7, 11) is 2.01. The van der Waals surface area contributed by atoms with Gasteiger partial charge < -0.3 is 11.1 Å². The predicted octanol–water partition coefficient (Wildman–Crippen LogP) is 1.50. The summed E-state index contributed by atoms with van der Waals surface area (Å²) >= 11 is 0. The maximum absolute atomic E-state index is 5.63. The number of nitrogens with two attached hydrogens (primary N) is 1. The molecule has 0 radical (unpaired) electrons. The van der Waals surface area contributed by atoms with Gasteiger partial charge in [-0.1, -0.05) is 12.8 Å². The zero-order chi connectivity index (χ0) is 8.69. The van der Waals surface area contributed by atoms with Crippen LogP contribution in [0.15, 0.2) is 0 Å². The Morgan fingerprint density at radius 3 is 2.18 bits per heavy atom. The minimum Gasteiger partial charge on any atom is -0.328 e. The van der Waals surface area contributed by atoms with Crippen LogP contribution in [0.4, 0.5) is 0 Å². The molecule has 0 heterocycles. The van der Waals surface area contributed by atoms with Gasteiger partial charge >= 0.3 is 0 Å². The zero-order valence-electron chi connectivity index (χ0n) is 8.06. The molecule has 2 heteroatoms. The Hall–Kier alpha value is -0.0800. The second-order valence-corrected chi connectivity index (χ2v) is 3.45. The molecule has 0 saturated heterocycles. The van der Waals surface area contributed by atoms with Gasteiger partial charge in [-0.05, 0) is 33.7 Å². The summed E-state index contributed by atoms with van der Waals surface area (Å²) in [6.45, 7) is 4.29. The smallest absolute Gasteiger partial charge is 0.00357 e. The van der Waals surface area contributed by atoms with Gasteiger partial charge in [0.15, 0.2) is 0 Å². The molecular weight excluding hydrogens is 136 g/mol.